The smallest absolute Gasteiger partial charge is 0.258 e. The second kappa shape index (κ2) is 4.73. The molecular formula is C9H9N3O6. The summed E-state index contributed by atoms with van der Waals surface area (Å²) < 4.78 is 0. The second-order valence-corrected chi connectivity index (χ2v) is 3.50. The predicted octanol–water partition coefficient (Wildman–Crippen LogP) is 2.28. The Morgan fingerprint density at radius 3 is 1.83 bits per heavy atom. The van der Waals surface area contributed by atoms with Gasteiger partial charge >= 0.3 is 11.4 Å². The monoisotopic (exact) mass is 255 g/mol. The maximum atomic E-state index is 10.9. The maximum Gasteiger partial charge on any atom is 0.356 e. The Bertz CT molecular complexity index is 554. The Morgan fingerprint density at radius 1 is 1.00 bits per heavy atom. The summed E-state index contributed by atoms with van der Waals surface area (Å²) in [7, 11) is 0. The lowest BCUT2D eigenvalue weighted by molar-refractivity contribution is -0.425. The van der Waals surface area contributed by atoms with Crippen LogP contribution in [-0.2, 0) is 6.42 Å². The van der Waals surface area contributed by atoms with Gasteiger partial charge in [-0.3, -0.25) is 30.3 Å². The van der Waals surface area contributed by atoms with Crippen molar-refractivity contribution in [1.29, 1.82) is 0 Å². The van der Waals surface area contributed by atoms with Crippen molar-refractivity contribution in [3.63, 3.8) is 0 Å². The molecule has 0 heterocycles. The standard InChI is InChI=1S/C9H9N3O6/c1-3-6-4-7(10(13)14)5(2)8(11(15)16)9(6)12(17)18/h4H,3H2,1-2H3. The summed E-state index contributed by atoms with van der Waals surface area (Å²) in [5.41, 5.74) is -2.31. The van der Waals surface area contributed by atoms with Gasteiger partial charge in [0, 0.05) is 11.6 Å². The predicted molar refractivity (Wildman–Crippen MR) is 60.5 cm³/mol. The molecule has 0 aliphatic carbocycles. The van der Waals surface area contributed by atoms with Crippen molar-refractivity contribution in [2.45, 2.75) is 20.3 Å². The van der Waals surface area contributed by atoms with E-state index in [1.807, 2.05) is 0 Å². The summed E-state index contributed by atoms with van der Waals surface area (Å²) in [6.45, 7) is 2.66. The molecule has 0 amide bonds. The summed E-state index contributed by atoms with van der Waals surface area (Å²) >= 11 is 0. The van der Waals surface area contributed by atoms with E-state index in [1.165, 1.54) is 6.92 Å². The third-order valence-electron chi connectivity index (χ3n) is 2.52. The van der Waals surface area contributed by atoms with E-state index in [2.05, 4.69) is 0 Å². The SMILES string of the molecule is CCc1cc([N+](=O)[O-])c(C)c([N+](=O)[O-])c1[N+](=O)[O-]. The molecule has 1 rings (SSSR count). The number of nitrogens with zero attached hydrogens (tertiary/aromatic N) is 3. The molecule has 18 heavy (non-hydrogen) atoms. The highest BCUT2D eigenvalue weighted by Gasteiger charge is 2.35. The summed E-state index contributed by atoms with van der Waals surface area (Å²) in [4.78, 5) is 29.9. The number of nitro benzene ring substituents is 3. The van der Waals surface area contributed by atoms with Gasteiger partial charge in [-0.05, 0) is 13.3 Å². The number of hydrogen-bond donors (Lipinski definition) is 0. The van der Waals surface area contributed by atoms with Crippen LogP contribution in [0.5, 0.6) is 0 Å². The van der Waals surface area contributed by atoms with Crippen LogP contribution in [0.2, 0.25) is 0 Å². The highest BCUT2D eigenvalue weighted by molar-refractivity contribution is 5.68. The van der Waals surface area contributed by atoms with Crippen molar-refractivity contribution >= 4 is 17.1 Å². The van der Waals surface area contributed by atoms with Gasteiger partial charge < -0.3 is 0 Å². The molecular weight excluding hydrogens is 246 g/mol. The lowest BCUT2D eigenvalue weighted by Gasteiger charge is -2.04. The van der Waals surface area contributed by atoms with Gasteiger partial charge in [-0.1, -0.05) is 6.92 Å². The molecule has 0 radical (unpaired) electrons. The zero-order chi connectivity index (χ0) is 14.0. The summed E-state index contributed by atoms with van der Waals surface area (Å²) in [6, 6.07) is 1.01. The Kier molecular flexibility index (Phi) is 3.55. The van der Waals surface area contributed by atoms with Crippen LogP contribution >= 0.6 is 0 Å². The molecule has 0 saturated carbocycles. The minimum Gasteiger partial charge on any atom is -0.258 e. The third-order valence-corrected chi connectivity index (χ3v) is 2.52. The van der Waals surface area contributed by atoms with Gasteiger partial charge in [0.15, 0.2) is 0 Å². The quantitative estimate of drug-likeness (QED) is 0.599. The molecule has 0 aliphatic rings. The lowest BCUT2D eigenvalue weighted by atomic mass is 10.0. The van der Waals surface area contributed by atoms with Gasteiger partial charge in [-0.25, -0.2) is 0 Å². The Hall–Kier alpha value is -2.58. The molecule has 9 heteroatoms. The largest absolute Gasteiger partial charge is 0.356 e. The average Bonchev–Trinajstić information content (AvgIpc) is 2.26. The highest BCUT2D eigenvalue weighted by Crippen LogP contribution is 2.39. The van der Waals surface area contributed by atoms with Crippen molar-refractivity contribution in [3.05, 3.63) is 47.5 Å². The maximum absolute atomic E-state index is 10.9. The molecule has 9 nitrogen and oxygen atoms in total. The molecule has 0 aromatic heterocycles. The molecule has 0 atom stereocenters. The van der Waals surface area contributed by atoms with Crippen LogP contribution in [0.4, 0.5) is 17.1 Å². The van der Waals surface area contributed by atoms with Crippen molar-refractivity contribution in [2.75, 3.05) is 0 Å². The van der Waals surface area contributed by atoms with E-state index in [0.717, 1.165) is 13.0 Å². The number of nitro groups is 3. The normalized spacial score (nSPS) is 10.1. The molecule has 0 aliphatic heterocycles. The van der Waals surface area contributed by atoms with Crippen LogP contribution in [-0.4, -0.2) is 14.8 Å². The van der Waals surface area contributed by atoms with Crippen LogP contribution in [0, 0.1) is 37.3 Å². The van der Waals surface area contributed by atoms with Gasteiger partial charge in [-0.15, -0.1) is 0 Å². The fraction of sp³-hybridized carbons (Fsp3) is 0.333. The van der Waals surface area contributed by atoms with Gasteiger partial charge in [-0.2, -0.15) is 0 Å². The molecule has 96 valence electrons. The van der Waals surface area contributed by atoms with E-state index in [0.29, 0.717) is 0 Å². The zero-order valence-corrected chi connectivity index (χ0v) is 9.58. The van der Waals surface area contributed by atoms with E-state index in [4.69, 9.17) is 0 Å². The van der Waals surface area contributed by atoms with E-state index >= 15 is 0 Å². The Labute approximate surface area is 100 Å². The summed E-state index contributed by atoms with van der Waals surface area (Å²) in [6.07, 6.45) is 0.0955. The third kappa shape index (κ3) is 2.10. The number of aryl methyl sites for hydroxylation is 1. The van der Waals surface area contributed by atoms with Crippen molar-refractivity contribution in [3.8, 4) is 0 Å². The van der Waals surface area contributed by atoms with E-state index in [-0.39, 0.29) is 17.5 Å². The number of rotatable bonds is 4. The second-order valence-electron chi connectivity index (χ2n) is 3.50. The van der Waals surface area contributed by atoms with Crippen LogP contribution in [0.15, 0.2) is 6.07 Å². The first kappa shape index (κ1) is 13.5. The first-order valence-electron chi connectivity index (χ1n) is 4.90. The molecule has 1 aromatic carbocycles. The number of hydrogen-bond acceptors (Lipinski definition) is 6. The van der Waals surface area contributed by atoms with Crippen LogP contribution in [0.3, 0.4) is 0 Å². The van der Waals surface area contributed by atoms with Crippen LogP contribution in [0.1, 0.15) is 18.1 Å². The lowest BCUT2D eigenvalue weighted by Crippen LogP contribution is -2.05. The fourth-order valence-electron chi connectivity index (χ4n) is 1.68. The van der Waals surface area contributed by atoms with E-state index in [1.54, 1.807) is 0 Å². The molecule has 1 aromatic rings. The molecule has 0 bridgehead atoms. The minimum absolute atomic E-state index is 0.0241. The van der Waals surface area contributed by atoms with E-state index in [9.17, 15) is 30.3 Å². The topological polar surface area (TPSA) is 129 Å². The van der Waals surface area contributed by atoms with Gasteiger partial charge in [0.05, 0.1) is 14.8 Å². The first-order valence-corrected chi connectivity index (χ1v) is 4.90. The van der Waals surface area contributed by atoms with Crippen molar-refractivity contribution in [2.24, 2.45) is 0 Å². The van der Waals surface area contributed by atoms with Crippen LogP contribution < -0.4 is 0 Å². The van der Waals surface area contributed by atoms with Crippen molar-refractivity contribution in [1.82, 2.24) is 0 Å². The fourth-order valence-corrected chi connectivity index (χ4v) is 1.68. The summed E-state index contributed by atoms with van der Waals surface area (Å²) in [5.74, 6) is 0. The van der Waals surface area contributed by atoms with E-state index < -0.39 is 31.8 Å². The minimum atomic E-state index is -0.959. The molecule has 0 fully saturated rings. The van der Waals surface area contributed by atoms with Crippen molar-refractivity contribution < 1.29 is 14.8 Å². The Morgan fingerprint density at radius 2 is 1.50 bits per heavy atom. The summed E-state index contributed by atoms with van der Waals surface area (Å²) in [5, 5.41) is 32.5. The zero-order valence-electron chi connectivity index (χ0n) is 9.58. The molecule has 0 unspecified atom stereocenters. The van der Waals surface area contributed by atoms with Gasteiger partial charge in [0.2, 0.25) is 0 Å². The van der Waals surface area contributed by atoms with Gasteiger partial charge in [0.1, 0.15) is 5.56 Å². The Balaban J connectivity index is 3.82. The average molecular weight is 255 g/mol. The molecule has 0 spiro atoms. The van der Waals surface area contributed by atoms with Gasteiger partial charge in [0.25, 0.3) is 5.69 Å². The first-order chi connectivity index (χ1) is 8.31. The molecule has 0 saturated heterocycles. The van der Waals surface area contributed by atoms with Crippen LogP contribution in [0.25, 0.3) is 0 Å². The number of benzene rings is 1. The molecule has 0 N–H and O–H groups in total. The highest BCUT2D eigenvalue weighted by atomic mass is 16.6.